The Morgan fingerprint density at radius 1 is 0.442 bits per heavy atom. The van der Waals surface area contributed by atoms with Gasteiger partial charge in [-0.05, 0) is 206 Å². The summed E-state index contributed by atoms with van der Waals surface area (Å²) in [4.78, 5) is 77.6. The number of ether oxygens (including phenoxy) is 8. The third-order valence-corrected chi connectivity index (χ3v) is 25.8. The van der Waals surface area contributed by atoms with Crippen LogP contribution in [-0.2, 0) is 122 Å². The predicted octanol–water partition coefficient (Wildman–Crippen LogP) is 11.2. The Morgan fingerprint density at radius 2 is 0.733 bits per heavy atom. The van der Waals surface area contributed by atoms with E-state index in [1.165, 1.54) is 122 Å². The third kappa shape index (κ3) is 24.8. The number of aliphatic carboxylic acids is 1. The van der Waals surface area contributed by atoms with Crippen molar-refractivity contribution in [2.24, 2.45) is 11.8 Å². The van der Waals surface area contributed by atoms with Gasteiger partial charge < -0.3 is 43.0 Å². The van der Waals surface area contributed by atoms with Crippen molar-refractivity contribution in [3.8, 4) is 0 Å². The van der Waals surface area contributed by atoms with Crippen LogP contribution in [0.1, 0.15) is 146 Å². The summed E-state index contributed by atoms with van der Waals surface area (Å²) in [5.74, 6) is -1.59. The number of Topliss-reactive ketones (excluding diaryl/α,β-unsaturated/α-hetero) is 1. The number of carbonyl (C=O) groups is 6. The number of allylic oxidation sites excluding steroid dienone is 1. The van der Waals surface area contributed by atoms with E-state index in [0.29, 0.717) is 81.2 Å². The first-order valence-electron chi connectivity index (χ1n) is 37.4. The normalized spacial score (nSPS) is 17.3. The van der Waals surface area contributed by atoms with Gasteiger partial charge in [-0.1, -0.05) is 104 Å². The van der Waals surface area contributed by atoms with Gasteiger partial charge in [0.1, 0.15) is 34.0 Å². The Morgan fingerprint density at radius 3 is 1.02 bits per heavy atom. The molecular formula is C86H94ClNNaO25S6+. The number of ketones is 1. The summed E-state index contributed by atoms with van der Waals surface area (Å²) in [5.41, 5.74) is 2.63. The maximum atomic E-state index is 12.2. The van der Waals surface area contributed by atoms with Gasteiger partial charge in [0.25, 0.3) is 0 Å². The van der Waals surface area contributed by atoms with Crippen LogP contribution in [0.2, 0.25) is 5.02 Å². The van der Waals surface area contributed by atoms with Crippen molar-refractivity contribution in [1.29, 1.82) is 0 Å². The topological polar surface area (TPSA) is 380 Å². The van der Waals surface area contributed by atoms with E-state index in [2.05, 4.69) is 4.98 Å². The van der Waals surface area contributed by atoms with Crippen molar-refractivity contribution < 1.29 is 143 Å². The zero-order chi connectivity index (χ0) is 87.9. The number of aromatic nitrogens is 1. The predicted molar refractivity (Wildman–Crippen MR) is 448 cm³/mol. The Hall–Kier alpha value is -9.09. The molecule has 0 unspecified atom stereocenters. The molecule has 6 aliphatic rings. The molecule has 7 aromatic rings. The second-order valence-electron chi connectivity index (χ2n) is 30.9. The van der Waals surface area contributed by atoms with Crippen molar-refractivity contribution in [3.63, 3.8) is 0 Å². The molecule has 0 saturated heterocycles. The Bertz CT molecular complexity index is 5830. The van der Waals surface area contributed by atoms with E-state index in [1.807, 2.05) is 26.2 Å². The molecular weight excluding hydrogens is 1700 g/mol. The monoisotopic (exact) mass is 1790 g/mol. The molecule has 34 heteroatoms. The van der Waals surface area contributed by atoms with Crippen molar-refractivity contribution in [1.82, 2.24) is 4.98 Å². The van der Waals surface area contributed by atoms with Gasteiger partial charge in [0.05, 0.1) is 72.2 Å². The first-order valence-corrected chi connectivity index (χ1v) is 48.1. The Labute approximate surface area is 731 Å². The minimum Gasteiger partial charge on any atom is -0.486 e. The fourth-order valence-corrected chi connectivity index (χ4v) is 16.8. The molecule has 13 rings (SSSR count). The number of thiazole rings is 1. The van der Waals surface area contributed by atoms with Crippen LogP contribution >= 0.6 is 22.9 Å². The largest absolute Gasteiger partial charge is 1.00 e. The molecule has 2 fully saturated rings. The first kappa shape index (κ1) is 96.4. The summed E-state index contributed by atoms with van der Waals surface area (Å²) in [6.07, 6.45) is 13.8. The van der Waals surface area contributed by atoms with Gasteiger partial charge in [-0.15, -0.1) is 11.3 Å². The maximum absolute atomic E-state index is 12.2. The number of esters is 4. The maximum Gasteiger partial charge on any atom is 1.00 e. The number of carbonyl (C=O) groups excluding carboxylic acids is 5. The average Bonchev–Trinajstić information content (AvgIpc) is 1.62. The minimum atomic E-state index is -3.39. The van der Waals surface area contributed by atoms with Crippen LogP contribution in [0.5, 0.6) is 0 Å². The number of nitrogens with zero attached hydrogens (tertiary/aromatic N) is 1. The summed E-state index contributed by atoms with van der Waals surface area (Å²) in [7, 11) is -16.4. The van der Waals surface area contributed by atoms with E-state index < -0.39 is 107 Å². The molecule has 0 atom stereocenters. The summed E-state index contributed by atoms with van der Waals surface area (Å²) in [5, 5.41) is 12.6. The van der Waals surface area contributed by atoms with Crippen LogP contribution in [0, 0.1) is 11.8 Å². The fourth-order valence-electron chi connectivity index (χ4n) is 13.0. The molecule has 6 aromatic carbocycles. The quantitative estimate of drug-likeness (QED) is 0.0173. The molecule has 2 aliphatic carbocycles. The van der Waals surface area contributed by atoms with Crippen molar-refractivity contribution in [2.75, 3.05) is 51.1 Å². The molecule has 0 amide bonds. The van der Waals surface area contributed by atoms with Gasteiger partial charge in [0.15, 0.2) is 55.0 Å². The smallest absolute Gasteiger partial charge is 0.486 e. The Balaban J connectivity index is 0.000000186. The molecule has 0 bridgehead atoms. The van der Waals surface area contributed by atoms with E-state index in [1.54, 1.807) is 108 Å². The van der Waals surface area contributed by atoms with Crippen LogP contribution < -0.4 is 29.6 Å². The van der Waals surface area contributed by atoms with E-state index in [9.17, 15) is 76.0 Å². The number of halogens is 1. The molecule has 4 aliphatic heterocycles. The number of carboxylic acids is 1. The number of sulfone groups is 5. The molecule has 0 spiro atoms. The summed E-state index contributed by atoms with van der Waals surface area (Å²) < 4.78 is 160. The van der Waals surface area contributed by atoms with Crippen molar-refractivity contribution in [2.45, 2.75) is 161 Å². The molecule has 636 valence electrons. The number of carboxylic acid groups (broad SMARTS) is 1. The first-order chi connectivity index (χ1) is 55.3. The molecule has 2 saturated carbocycles. The summed E-state index contributed by atoms with van der Waals surface area (Å²) in [6.45, 7) is 19.1. The van der Waals surface area contributed by atoms with Crippen LogP contribution in [0.3, 0.4) is 0 Å². The van der Waals surface area contributed by atoms with Gasteiger partial charge in [-0.3, -0.25) is 4.79 Å². The van der Waals surface area contributed by atoms with Crippen LogP contribution in [0.25, 0.3) is 33.4 Å². The second-order valence-corrected chi connectivity index (χ2v) is 42.4. The number of hydrogen-bond acceptors (Lipinski definition) is 26. The molecule has 0 radical (unpaired) electrons. The zero-order valence-electron chi connectivity index (χ0n) is 69.3. The van der Waals surface area contributed by atoms with E-state index in [-0.39, 0.29) is 94.8 Å². The van der Waals surface area contributed by atoms with Gasteiger partial charge in [0.2, 0.25) is 23.0 Å². The van der Waals surface area contributed by atoms with E-state index in [0.717, 1.165) is 66.8 Å². The standard InChI is InChI=1S/C18H15ClO5S.C18H22O5S.C17H17NO5S2.C17H20O5S.C16H20O5S.Na/c1-11(20)16(12-5-9-15(10-6-12)25(2,23)24)17(18(21)22)13-3-7-14(19)8-4-13;1-18(2)15(13-6-8-14(9-7-13)24(3,20)21)16(17(19)23-18)22-11-10-12-4-5-12;1-17(2)14(11-4-6-12(7-5-11)25(3,20)21)15(16(19)23-17)22-10-13-18-8-9-24-13;1-17(2)14(12-6-8-13(9-7-12)23(3,19)20)15(16(18)22-17)21-10-11-4-5-11;1-5-10-20-14-13(16(2,3)21-15(14)17)11-6-8-12(9-7-11)22(4,18)19;/h3-10H,1-2H3,(H,21,22);6-9,12H,4-5,10-11H2,1-3H3;4-9H,10H2,1-3H3;6-9,11H,4-5,10H2,1-3H3;6-9H,5,10H2,1-4H3;/q;;;;;+1/b17-16+;;;;;. The molecule has 120 heavy (non-hydrogen) atoms. The fraction of sp³-hybridized carbons (Fsp3) is 0.360. The number of benzene rings is 6. The minimum absolute atomic E-state index is 0. The number of cyclic esters (lactones) is 4. The molecule has 1 aromatic heterocycles. The SMILES string of the molecule is CC(=O)/C(=C(\C(=O)O)c1ccc(Cl)cc1)c1ccc(S(C)(=O)=O)cc1.CC1(C)OC(=O)C(OCC2CC2)=C1c1ccc(S(C)(=O)=O)cc1.CC1(C)OC(=O)C(OCCC2CC2)=C1c1ccc(S(C)(=O)=O)cc1.CC1(C)OC(=O)C(OCc2nccs2)=C1c1ccc(S(C)(=O)=O)cc1.CCCOC1=C(c2ccc(S(C)(=O)=O)cc2)C(C)(C)OC1=O.[Na+]. The van der Waals surface area contributed by atoms with E-state index >= 15 is 0 Å². The van der Waals surface area contributed by atoms with Gasteiger partial charge in [-0.2, -0.15) is 0 Å². The summed E-state index contributed by atoms with van der Waals surface area (Å²) in [6, 6.07) is 37.3. The van der Waals surface area contributed by atoms with Gasteiger partial charge in [-0.25, -0.2) is 71.0 Å². The van der Waals surface area contributed by atoms with Crippen molar-refractivity contribution in [3.05, 3.63) is 224 Å². The zero-order valence-corrected chi connectivity index (χ0v) is 76.9. The average molecular weight is 1790 g/mol. The third-order valence-electron chi connectivity index (χ3n) is 19.2. The van der Waals surface area contributed by atoms with Crippen LogP contribution in [0.4, 0.5) is 0 Å². The number of rotatable bonds is 26. The Kier molecular flexibility index (Phi) is 31.0. The summed E-state index contributed by atoms with van der Waals surface area (Å²) >= 11 is 7.26. The second kappa shape index (κ2) is 38.5. The number of hydrogen-bond donors (Lipinski definition) is 1. The van der Waals surface area contributed by atoms with Gasteiger partial charge >= 0.3 is 59.4 Å². The van der Waals surface area contributed by atoms with Crippen molar-refractivity contribution >= 4 is 141 Å². The van der Waals surface area contributed by atoms with E-state index in [4.69, 9.17) is 49.5 Å². The molecule has 1 N–H and O–H groups in total. The molecule has 26 nitrogen and oxygen atoms in total. The van der Waals surface area contributed by atoms with Gasteiger partial charge in [0, 0.05) is 53.5 Å². The van der Waals surface area contributed by atoms with Crippen LogP contribution in [0.15, 0.2) is 205 Å². The molecule has 5 heterocycles. The van der Waals surface area contributed by atoms with Crippen LogP contribution in [-0.4, -0.2) is 161 Å².